The topological polar surface area (TPSA) is 87.8 Å². The van der Waals surface area contributed by atoms with Gasteiger partial charge in [0.05, 0.1) is 10.6 Å². The van der Waals surface area contributed by atoms with Crippen LogP contribution in [0.5, 0.6) is 0 Å². The number of nitrogens with zero attached hydrogens (tertiary/aromatic N) is 3. The molecule has 1 fully saturated rings. The lowest BCUT2D eigenvalue weighted by atomic mass is 9.96. The minimum atomic E-state index is -0.392. The van der Waals surface area contributed by atoms with Crippen molar-refractivity contribution in [1.82, 2.24) is 10.3 Å². The van der Waals surface area contributed by atoms with E-state index in [0.717, 1.165) is 49.3 Å². The van der Waals surface area contributed by atoms with Crippen LogP contribution in [-0.4, -0.2) is 34.5 Å². The van der Waals surface area contributed by atoms with Crippen LogP contribution in [-0.2, 0) is 11.3 Å². The molecule has 0 unspecified atom stereocenters. The van der Waals surface area contributed by atoms with E-state index in [1.807, 2.05) is 38.1 Å². The van der Waals surface area contributed by atoms with Crippen molar-refractivity contribution in [1.29, 1.82) is 0 Å². The molecule has 0 atom stereocenters. The van der Waals surface area contributed by atoms with Gasteiger partial charge >= 0.3 is 0 Å². The summed E-state index contributed by atoms with van der Waals surface area (Å²) >= 11 is 0. The summed E-state index contributed by atoms with van der Waals surface area (Å²) in [7, 11) is 0. The van der Waals surface area contributed by atoms with E-state index >= 15 is 0 Å². The molecule has 0 aliphatic carbocycles. The van der Waals surface area contributed by atoms with E-state index in [0.29, 0.717) is 0 Å². The van der Waals surface area contributed by atoms with Crippen molar-refractivity contribution >= 4 is 17.3 Å². The molecule has 7 heteroatoms. The molecular formula is C22H26N4O3. The van der Waals surface area contributed by atoms with Gasteiger partial charge in [-0.1, -0.05) is 42.0 Å². The van der Waals surface area contributed by atoms with Gasteiger partial charge in [-0.2, -0.15) is 5.10 Å². The summed E-state index contributed by atoms with van der Waals surface area (Å²) in [6.45, 7) is 6.28. The maximum absolute atomic E-state index is 12.5. The third kappa shape index (κ3) is 5.71. The maximum atomic E-state index is 12.5. The average Bonchev–Trinajstić information content (AvgIpc) is 2.73. The van der Waals surface area contributed by atoms with E-state index in [4.69, 9.17) is 0 Å². The number of non-ortho nitro benzene ring substituents is 1. The number of nitro benzene ring substituents is 1. The molecule has 29 heavy (non-hydrogen) atoms. The van der Waals surface area contributed by atoms with Gasteiger partial charge in [-0.15, -0.1) is 0 Å². The number of amides is 1. The fourth-order valence-corrected chi connectivity index (χ4v) is 3.42. The van der Waals surface area contributed by atoms with Crippen LogP contribution in [0, 0.1) is 23.0 Å². The molecule has 1 aliphatic rings. The molecular weight excluding hydrogens is 368 g/mol. The molecule has 2 aromatic rings. The molecule has 7 nitrogen and oxygen atoms in total. The minimum Gasteiger partial charge on any atom is -0.299 e. The van der Waals surface area contributed by atoms with Crippen molar-refractivity contribution in [2.24, 2.45) is 11.0 Å². The SMILES string of the molecule is CC(=NNC(=O)C1CCN(Cc2ccc([N+](=O)[O-])cc2)CC1)c1ccc(C)cc1. The molecule has 1 saturated heterocycles. The molecule has 0 radical (unpaired) electrons. The third-order valence-corrected chi connectivity index (χ3v) is 5.31. The van der Waals surface area contributed by atoms with Crippen LogP contribution in [0.1, 0.15) is 36.5 Å². The first-order chi connectivity index (χ1) is 13.9. The number of piperidine rings is 1. The highest BCUT2D eigenvalue weighted by Crippen LogP contribution is 2.20. The average molecular weight is 394 g/mol. The van der Waals surface area contributed by atoms with Gasteiger partial charge in [0, 0.05) is 24.6 Å². The molecule has 0 aromatic heterocycles. The van der Waals surface area contributed by atoms with Crippen LogP contribution in [0.3, 0.4) is 0 Å². The van der Waals surface area contributed by atoms with Gasteiger partial charge in [-0.25, -0.2) is 5.43 Å². The largest absolute Gasteiger partial charge is 0.299 e. The second-order valence-electron chi connectivity index (χ2n) is 7.51. The van der Waals surface area contributed by atoms with Gasteiger partial charge in [-0.05, 0) is 50.9 Å². The summed E-state index contributed by atoms with van der Waals surface area (Å²) in [4.78, 5) is 25.1. The standard InChI is InChI=1S/C22H26N4O3/c1-16-3-7-19(8-4-16)17(2)23-24-22(27)20-11-13-25(14-12-20)15-18-5-9-21(10-6-18)26(28)29/h3-10,20H,11-15H2,1-2H3,(H,24,27). The Hall–Kier alpha value is -3.06. The number of rotatable bonds is 6. The number of nitro groups is 1. The summed E-state index contributed by atoms with van der Waals surface area (Å²) in [6, 6.07) is 14.7. The summed E-state index contributed by atoms with van der Waals surface area (Å²) < 4.78 is 0. The molecule has 0 saturated carbocycles. The highest BCUT2D eigenvalue weighted by atomic mass is 16.6. The van der Waals surface area contributed by atoms with E-state index in [2.05, 4.69) is 15.4 Å². The number of hydrogen-bond acceptors (Lipinski definition) is 5. The van der Waals surface area contributed by atoms with Crippen molar-refractivity contribution in [3.05, 3.63) is 75.3 Å². The van der Waals surface area contributed by atoms with Crippen molar-refractivity contribution in [2.75, 3.05) is 13.1 Å². The fourth-order valence-electron chi connectivity index (χ4n) is 3.42. The van der Waals surface area contributed by atoms with Gasteiger partial charge in [0.25, 0.3) is 5.69 Å². The fraction of sp³-hybridized carbons (Fsp3) is 0.364. The maximum Gasteiger partial charge on any atom is 0.269 e. The normalized spacial score (nSPS) is 15.9. The summed E-state index contributed by atoms with van der Waals surface area (Å²) in [6.07, 6.45) is 1.55. The summed E-state index contributed by atoms with van der Waals surface area (Å²) in [5, 5.41) is 15.0. The first kappa shape index (κ1) is 20.7. The van der Waals surface area contributed by atoms with Gasteiger partial charge in [0.1, 0.15) is 0 Å². The molecule has 0 spiro atoms. The van der Waals surface area contributed by atoms with Crippen LogP contribution in [0.15, 0.2) is 53.6 Å². The van der Waals surface area contributed by atoms with E-state index in [1.165, 1.54) is 17.7 Å². The zero-order valence-electron chi connectivity index (χ0n) is 16.8. The van der Waals surface area contributed by atoms with Crippen LogP contribution < -0.4 is 5.43 Å². The third-order valence-electron chi connectivity index (χ3n) is 5.31. The number of carbonyl (C=O) groups is 1. The highest BCUT2D eigenvalue weighted by molar-refractivity contribution is 5.99. The predicted octanol–water partition coefficient (Wildman–Crippen LogP) is 3.66. The molecule has 1 amide bonds. The number of likely N-dealkylation sites (tertiary alicyclic amines) is 1. The Balaban J connectivity index is 1.47. The molecule has 3 rings (SSSR count). The van der Waals surface area contributed by atoms with Crippen molar-refractivity contribution in [3.8, 4) is 0 Å². The van der Waals surface area contributed by atoms with E-state index < -0.39 is 4.92 Å². The van der Waals surface area contributed by atoms with Crippen LogP contribution in [0.25, 0.3) is 0 Å². The van der Waals surface area contributed by atoms with E-state index in [1.54, 1.807) is 12.1 Å². The molecule has 1 N–H and O–H groups in total. The van der Waals surface area contributed by atoms with Crippen molar-refractivity contribution < 1.29 is 9.72 Å². The highest BCUT2D eigenvalue weighted by Gasteiger charge is 2.25. The summed E-state index contributed by atoms with van der Waals surface area (Å²) in [5.74, 6) is -0.0795. The Labute approximate surface area is 170 Å². The Morgan fingerprint density at radius 2 is 1.76 bits per heavy atom. The smallest absolute Gasteiger partial charge is 0.269 e. The number of aryl methyl sites for hydroxylation is 1. The quantitative estimate of drug-likeness (QED) is 0.460. The van der Waals surface area contributed by atoms with Crippen molar-refractivity contribution in [3.63, 3.8) is 0 Å². The first-order valence-corrected chi connectivity index (χ1v) is 9.79. The number of hydrogen-bond donors (Lipinski definition) is 1. The Morgan fingerprint density at radius 3 is 2.34 bits per heavy atom. The number of hydrazone groups is 1. The zero-order valence-corrected chi connectivity index (χ0v) is 16.8. The van der Waals surface area contributed by atoms with Gasteiger partial charge in [0.15, 0.2) is 0 Å². The predicted molar refractivity (Wildman–Crippen MR) is 113 cm³/mol. The molecule has 2 aromatic carbocycles. The second kappa shape index (κ2) is 9.43. The lowest BCUT2D eigenvalue weighted by molar-refractivity contribution is -0.384. The first-order valence-electron chi connectivity index (χ1n) is 9.79. The molecule has 1 aliphatic heterocycles. The number of benzene rings is 2. The Bertz CT molecular complexity index is 883. The van der Waals surface area contributed by atoms with Crippen LogP contribution in [0.2, 0.25) is 0 Å². The lowest BCUT2D eigenvalue weighted by Gasteiger charge is -2.30. The number of nitrogens with one attached hydrogen (secondary N) is 1. The lowest BCUT2D eigenvalue weighted by Crippen LogP contribution is -2.39. The van der Waals surface area contributed by atoms with Crippen LogP contribution >= 0.6 is 0 Å². The Morgan fingerprint density at radius 1 is 1.14 bits per heavy atom. The molecule has 0 bridgehead atoms. The molecule has 1 heterocycles. The van der Waals surface area contributed by atoms with E-state index in [9.17, 15) is 14.9 Å². The van der Waals surface area contributed by atoms with Gasteiger partial charge in [0.2, 0.25) is 5.91 Å². The Kier molecular flexibility index (Phi) is 6.72. The van der Waals surface area contributed by atoms with Crippen molar-refractivity contribution in [2.45, 2.75) is 33.2 Å². The van der Waals surface area contributed by atoms with Crippen LogP contribution in [0.4, 0.5) is 5.69 Å². The number of carbonyl (C=O) groups excluding carboxylic acids is 1. The second-order valence-corrected chi connectivity index (χ2v) is 7.51. The molecule has 152 valence electrons. The van der Waals surface area contributed by atoms with Gasteiger partial charge < -0.3 is 0 Å². The minimum absolute atomic E-state index is 0.0357. The monoisotopic (exact) mass is 394 g/mol. The van der Waals surface area contributed by atoms with Gasteiger partial charge in [-0.3, -0.25) is 19.8 Å². The van der Waals surface area contributed by atoms with E-state index in [-0.39, 0.29) is 17.5 Å². The zero-order chi connectivity index (χ0) is 20.8. The summed E-state index contributed by atoms with van der Waals surface area (Å²) in [5.41, 5.74) is 6.82.